The summed E-state index contributed by atoms with van der Waals surface area (Å²) in [6.07, 6.45) is 5.80. The number of anilines is 1. The highest BCUT2D eigenvalue weighted by molar-refractivity contribution is 5.93. The van der Waals surface area contributed by atoms with Crippen LogP contribution in [0.4, 0.5) is 10.2 Å². The van der Waals surface area contributed by atoms with E-state index in [1.54, 1.807) is 18.2 Å². The summed E-state index contributed by atoms with van der Waals surface area (Å²) in [7, 11) is 0. The molecule has 1 fully saturated rings. The minimum atomic E-state index is -0.695. The smallest absolute Gasteiger partial charge is 0.154 e. The highest BCUT2D eigenvalue weighted by Crippen LogP contribution is 2.27. The fourth-order valence-corrected chi connectivity index (χ4v) is 4.08. The van der Waals surface area contributed by atoms with Crippen LogP contribution in [-0.4, -0.2) is 40.0 Å². The van der Waals surface area contributed by atoms with Crippen LogP contribution in [0, 0.1) is 22.6 Å². The molecular formula is C24H24FN7O. The number of nitriles is 1. The summed E-state index contributed by atoms with van der Waals surface area (Å²) in [5, 5.41) is 29.3. The number of nitrogens with one attached hydrogen (secondary N) is 3. The van der Waals surface area contributed by atoms with Gasteiger partial charge in [-0.3, -0.25) is 10.8 Å². The molecule has 0 amide bonds. The van der Waals surface area contributed by atoms with Crippen LogP contribution in [0.1, 0.15) is 18.9 Å². The zero-order valence-corrected chi connectivity index (χ0v) is 18.1. The van der Waals surface area contributed by atoms with Gasteiger partial charge in [-0.05, 0) is 37.1 Å². The molecule has 1 aromatic heterocycles. The van der Waals surface area contributed by atoms with Gasteiger partial charge in [0, 0.05) is 46.9 Å². The molecule has 1 aromatic carbocycles. The summed E-state index contributed by atoms with van der Waals surface area (Å²) in [5.74, 6) is -0.161. The molecule has 0 radical (unpaired) electrons. The maximum absolute atomic E-state index is 14.7. The predicted molar refractivity (Wildman–Crippen MR) is 126 cm³/mol. The van der Waals surface area contributed by atoms with Crippen LogP contribution < -0.4 is 27.0 Å². The topological polar surface area (TPSA) is 134 Å². The van der Waals surface area contributed by atoms with Gasteiger partial charge in [-0.1, -0.05) is 18.7 Å². The van der Waals surface area contributed by atoms with Crippen molar-refractivity contribution in [2.75, 3.05) is 18.5 Å². The second kappa shape index (κ2) is 8.76. The molecule has 2 aromatic rings. The molecule has 1 saturated heterocycles. The molecule has 2 aliphatic heterocycles. The summed E-state index contributed by atoms with van der Waals surface area (Å²) < 4.78 is 14.7. The molecule has 4 rings (SSSR count). The van der Waals surface area contributed by atoms with Crippen LogP contribution in [-0.2, 0) is 0 Å². The number of aromatic hydroxyl groups is 1. The molecule has 9 heteroatoms. The van der Waals surface area contributed by atoms with Crippen molar-refractivity contribution in [3.63, 3.8) is 0 Å². The van der Waals surface area contributed by atoms with Gasteiger partial charge in [0.2, 0.25) is 0 Å². The zero-order chi connectivity index (χ0) is 23.7. The Labute approximate surface area is 190 Å². The van der Waals surface area contributed by atoms with Crippen LogP contribution in [0.2, 0.25) is 0 Å². The van der Waals surface area contributed by atoms with Crippen molar-refractivity contribution in [3.05, 3.63) is 64.8 Å². The average molecular weight is 446 g/mol. The van der Waals surface area contributed by atoms with E-state index in [4.69, 9.17) is 11.1 Å². The molecule has 0 bridgehead atoms. The lowest BCUT2D eigenvalue weighted by Gasteiger charge is -2.16. The normalized spacial score (nSPS) is 17.9. The van der Waals surface area contributed by atoms with Gasteiger partial charge in [0.05, 0.1) is 11.3 Å². The van der Waals surface area contributed by atoms with Crippen molar-refractivity contribution >= 4 is 22.9 Å². The second-order valence-corrected chi connectivity index (χ2v) is 7.96. The fraction of sp³-hybridized carbons (Fsp3) is 0.208. The first-order chi connectivity index (χ1) is 15.8. The first-order valence-corrected chi connectivity index (χ1v) is 10.4. The monoisotopic (exact) mass is 445 g/mol. The molecular weight excluding hydrogens is 421 g/mol. The molecule has 3 heterocycles. The van der Waals surface area contributed by atoms with Crippen molar-refractivity contribution in [3.8, 4) is 23.1 Å². The van der Waals surface area contributed by atoms with Crippen molar-refractivity contribution in [2.24, 2.45) is 5.73 Å². The first kappa shape index (κ1) is 22.0. The largest absolute Gasteiger partial charge is 0.508 e. The van der Waals surface area contributed by atoms with Crippen molar-refractivity contribution in [1.29, 1.82) is 10.7 Å². The number of benzene rings is 1. The number of hydrazine groups is 1. The molecule has 168 valence electrons. The molecule has 0 unspecified atom stereocenters. The maximum atomic E-state index is 14.7. The molecule has 0 aliphatic carbocycles. The molecule has 2 aliphatic rings. The van der Waals surface area contributed by atoms with E-state index < -0.39 is 5.82 Å². The third-order valence-corrected chi connectivity index (χ3v) is 5.75. The number of nitrogens with two attached hydrogens (primary N) is 1. The average Bonchev–Trinajstić information content (AvgIpc) is 3.39. The Morgan fingerprint density at radius 2 is 2.21 bits per heavy atom. The van der Waals surface area contributed by atoms with E-state index in [2.05, 4.69) is 28.5 Å². The van der Waals surface area contributed by atoms with Gasteiger partial charge in [0.25, 0.3) is 0 Å². The zero-order valence-electron chi connectivity index (χ0n) is 18.1. The SMILES string of the molecule is C=CC(C=CC(=N)N1CC[C@@H](N)C1)=c1c(C#N)c(-c2ccc(O)cc2F)nc2c1=C(C)NN2. The van der Waals surface area contributed by atoms with Gasteiger partial charge in [-0.25, -0.2) is 9.37 Å². The Morgan fingerprint density at radius 1 is 1.42 bits per heavy atom. The second-order valence-electron chi connectivity index (χ2n) is 7.96. The predicted octanol–water partition coefficient (Wildman–Crippen LogP) is 1.43. The van der Waals surface area contributed by atoms with Crippen molar-refractivity contribution in [1.82, 2.24) is 15.3 Å². The van der Waals surface area contributed by atoms with Crippen molar-refractivity contribution < 1.29 is 9.50 Å². The maximum Gasteiger partial charge on any atom is 0.154 e. The minimum absolute atomic E-state index is 0.0485. The summed E-state index contributed by atoms with van der Waals surface area (Å²) in [6.45, 7) is 7.07. The number of hydrogen-bond acceptors (Lipinski definition) is 7. The lowest BCUT2D eigenvalue weighted by atomic mass is 9.98. The summed E-state index contributed by atoms with van der Waals surface area (Å²) >= 11 is 0. The van der Waals surface area contributed by atoms with Crippen LogP contribution in [0.15, 0.2) is 43.0 Å². The van der Waals surface area contributed by atoms with Crippen LogP contribution in [0.25, 0.3) is 22.5 Å². The highest BCUT2D eigenvalue weighted by Gasteiger charge is 2.22. The molecule has 0 spiro atoms. The lowest BCUT2D eigenvalue weighted by Crippen LogP contribution is -2.33. The summed E-state index contributed by atoms with van der Waals surface area (Å²) in [5.41, 5.74) is 13.6. The highest BCUT2D eigenvalue weighted by atomic mass is 19.1. The van der Waals surface area contributed by atoms with Gasteiger partial charge >= 0.3 is 0 Å². The number of likely N-dealkylation sites (tertiary alicyclic amines) is 1. The number of hydrogen-bond donors (Lipinski definition) is 5. The van der Waals surface area contributed by atoms with E-state index in [9.17, 15) is 14.8 Å². The number of pyridine rings is 1. The number of phenolic OH excluding ortho intramolecular Hbond substituents is 1. The summed E-state index contributed by atoms with van der Waals surface area (Å²) in [6, 6.07) is 5.94. The molecule has 33 heavy (non-hydrogen) atoms. The fourth-order valence-electron chi connectivity index (χ4n) is 4.08. The molecule has 1 atom stereocenters. The van der Waals surface area contributed by atoms with Crippen molar-refractivity contribution in [2.45, 2.75) is 19.4 Å². The van der Waals surface area contributed by atoms with Crippen LogP contribution in [0.3, 0.4) is 0 Å². The number of amidine groups is 1. The number of fused-ring (bicyclic) bond motifs is 1. The Balaban J connectivity index is 1.97. The van der Waals surface area contributed by atoms with Gasteiger partial charge in [0.15, 0.2) is 5.82 Å². The Bertz CT molecular complexity index is 1360. The van der Waals surface area contributed by atoms with E-state index in [1.807, 2.05) is 11.8 Å². The van der Waals surface area contributed by atoms with Gasteiger partial charge < -0.3 is 21.2 Å². The van der Waals surface area contributed by atoms with E-state index >= 15 is 0 Å². The van der Waals surface area contributed by atoms with E-state index in [-0.39, 0.29) is 28.6 Å². The first-order valence-electron chi connectivity index (χ1n) is 10.4. The summed E-state index contributed by atoms with van der Waals surface area (Å²) in [4.78, 5) is 6.40. The Hall–Kier alpha value is -4.16. The Morgan fingerprint density at radius 3 is 2.85 bits per heavy atom. The van der Waals surface area contributed by atoms with Crippen LogP contribution >= 0.6 is 0 Å². The van der Waals surface area contributed by atoms with E-state index in [0.29, 0.717) is 40.8 Å². The number of aromatic nitrogens is 1. The third-order valence-electron chi connectivity index (χ3n) is 5.75. The van der Waals surface area contributed by atoms with E-state index in [1.165, 1.54) is 12.1 Å². The number of phenols is 1. The Kier molecular flexibility index (Phi) is 5.85. The minimum Gasteiger partial charge on any atom is -0.508 e. The quantitative estimate of drug-likeness (QED) is 0.355. The number of rotatable bonds is 4. The van der Waals surface area contributed by atoms with Gasteiger partial charge in [-0.2, -0.15) is 5.26 Å². The molecule has 0 saturated carbocycles. The van der Waals surface area contributed by atoms with Gasteiger partial charge in [0.1, 0.15) is 23.5 Å². The number of nitrogens with zero attached hydrogens (tertiary/aromatic N) is 3. The lowest BCUT2D eigenvalue weighted by molar-refractivity contribution is 0.469. The van der Waals surface area contributed by atoms with E-state index in [0.717, 1.165) is 18.2 Å². The number of halogens is 1. The van der Waals surface area contributed by atoms with Crippen LogP contribution in [0.5, 0.6) is 5.75 Å². The third kappa shape index (κ3) is 4.04. The number of allylic oxidation sites excluding steroid dienone is 2. The molecule has 8 nitrogen and oxygen atoms in total. The molecule has 6 N–H and O–H groups in total. The standard InChI is InChI=1S/C24H24FN7O/c1-3-14(4-7-20(28)32-9-8-15(27)12-32)22-18(11-26)23(17-6-5-16(33)10-19(17)25)29-24-21(22)13(2)30-31-24/h3-7,10,15,28,33H,1,8-9,12,27H2,2H3,(H2,29,30,31)/t15-/m1/s1. The van der Waals surface area contributed by atoms with Gasteiger partial charge in [-0.15, -0.1) is 0 Å².